The minimum absolute atomic E-state index is 0.505. The highest BCUT2D eigenvalue weighted by atomic mass is 16.5. The minimum atomic E-state index is 0.505. The summed E-state index contributed by atoms with van der Waals surface area (Å²) in [4.78, 5) is 14.9. The SMILES string of the molecule is COc1cc2c(cc1Nc1nc(Nc3ccccc3)c3cc[nH]c3n1)CN(C)CC2. The van der Waals surface area contributed by atoms with Crippen molar-refractivity contribution in [3.05, 3.63) is 65.9 Å². The third-order valence-electron chi connectivity index (χ3n) is 5.42. The van der Waals surface area contributed by atoms with Crippen LogP contribution in [0.25, 0.3) is 11.0 Å². The number of hydrogen-bond donors (Lipinski definition) is 3. The van der Waals surface area contributed by atoms with E-state index in [1.165, 1.54) is 11.1 Å². The van der Waals surface area contributed by atoms with Gasteiger partial charge in [-0.15, -0.1) is 0 Å². The summed E-state index contributed by atoms with van der Waals surface area (Å²) in [7, 11) is 3.84. The van der Waals surface area contributed by atoms with Gasteiger partial charge in [-0.2, -0.15) is 9.97 Å². The molecule has 0 fully saturated rings. The fourth-order valence-electron chi connectivity index (χ4n) is 3.87. The molecule has 152 valence electrons. The van der Waals surface area contributed by atoms with Crippen molar-refractivity contribution in [1.29, 1.82) is 0 Å². The largest absolute Gasteiger partial charge is 0.495 e. The van der Waals surface area contributed by atoms with E-state index < -0.39 is 0 Å². The Morgan fingerprint density at radius 2 is 1.90 bits per heavy atom. The molecule has 0 radical (unpaired) electrons. The number of rotatable bonds is 5. The Kier molecular flexibility index (Phi) is 4.72. The van der Waals surface area contributed by atoms with Crippen molar-refractivity contribution >= 4 is 34.2 Å². The minimum Gasteiger partial charge on any atom is -0.495 e. The third-order valence-corrected chi connectivity index (χ3v) is 5.42. The molecule has 0 spiro atoms. The van der Waals surface area contributed by atoms with Gasteiger partial charge in [-0.05, 0) is 54.9 Å². The molecule has 0 atom stereocenters. The van der Waals surface area contributed by atoms with Gasteiger partial charge in [0.2, 0.25) is 5.95 Å². The van der Waals surface area contributed by atoms with Gasteiger partial charge in [-0.1, -0.05) is 18.2 Å². The molecule has 0 saturated carbocycles. The van der Waals surface area contributed by atoms with Crippen molar-refractivity contribution in [2.24, 2.45) is 0 Å². The van der Waals surface area contributed by atoms with Crippen LogP contribution in [-0.4, -0.2) is 40.6 Å². The average Bonchev–Trinajstić information content (AvgIpc) is 3.23. The first-order chi connectivity index (χ1) is 14.7. The van der Waals surface area contributed by atoms with E-state index in [4.69, 9.17) is 9.72 Å². The molecule has 0 saturated heterocycles. The quantitative estimate of drug-likeness (QED) is 0.460. The molecular weight excluding hydrogens is 376 g/mol. The number of methoxy groups -OCH3 is 1. The van der Waals surface area contributed by atoms with Gasteiger partial charge in [0.15, 0.2) is 0 Å². The number of para-hydroxylation sites is 1. The topological polar surface area (TPSA) is 78.1 Å². The Morgan fingerprint density at radius 3 is 2.73 bits per heavy atom. The van der Waals surface area contributed by atoms with E-state index in [1.807, 2.05) is 42.6 Å². The second-order valence-corrected chi connectivity index (χ2v) is 7.56. The molecule has 3 N–H and O–H groups in total. The molecule has 1 aliphatic heterocycles. The number of fused-ring (bicyclic) bond motifs is 2. The summed E-state index contributed by atoms with van der Waals surface area (Å²) in [5.41, 5.74) is 5.24. The van der Waals surface area contributed by atoms with E-state index in [1.54, 1.807) is 7.11 Å². The fourth-order valence-corrected chi connectivity index (χ4v) is 3.87. The Bertz CT molecular complexity index is 1190. The van der Waals surface area contributed by atoms with Gasteiger partial charge in [0.05, 0.1) is 18.2 Å². The summed E-state index contributed by atoms with van der Waals surface area (Å²) < 4.78 is 5.65. The number of ether oxygens (including phenoxy) is 1. The van der Waals surface area contributed by atoms with Gasteiger partial charge in [0.1, 0.15) is 17.2 Å². The van der Waals surface area contributed by atoms with Crippen LogP contribution in [0.4, 0.5) is 23.1 Å². The van der Waals surface area contributed by atoms with E-state index >= 15 is 0 Å². The van der Waals surface area contributed by atoms with Crippen molar-refractivity contribution < 1.29 is 4.74 Å². The zero-order valence-corrected chi connectivity index (χ0v) is 17.1. The molecule has 0 amide bonds. The zero-order valence-electron chi connectivity index (χ0n) is 17.1. The monoisotopic (exact) mass is 400 g/mol. The highest BCUT2D eigenvalue weighted by Gasteiger charge is 2.18. The number of hydrogen-bond acceptors (Lipinski definition) is 6. The molecule has 4 aromatic rings. The van der Waals surface area contributed by atoms with Crippen LogP contribution in [0.5, 0.6) is 5.75 Å². The molecule has 30 heavy (non-hydrogen) atoms. The fraction of sp³-hybridized carbons (Fsp3) is 0.217. The van der Waals surface area contributed by atoms with Gasteiger partial charge in [-0.25, -0.2) is 0 Å². The van der Waals surface area contributed by atoms with Crippen LogP contribution in [0, 0.1) is 0 Å². The van der Waals surface area contributed by atoms with Crippen molar-refractivity contribution in [2.45, 2.75) is 13.0 Å². The predicted molar refractivity (Wildman–Crippen MR) is 120 cm³/mol. The van der Waals surface area contributed by atoms with Crippen LogP contribution < -0.4 is 15.4 Å². The lowest BCUT2D eigenvalue weighted by Crippen LogP contribution is -2.26. The maximum Gasteiger partial charge on any atom is 0.231 e. The second-order valence-electron chi connectivity index (χ2n) is 7.56. The molecule has 7 nitrogen and oxygen atoms in total. The van der Waals surface area contributed by atoms with Crippen LogP contribution in [0.1, 0.15) is 11.1 Å². The van der Waals surface area contributed by atoms with E-state index in [2.05, 4.69) is 44.7 Å². The summed E-state index contributed by atoms with van der Waals surface area (Å²) in [6.45, 7) is 1.98. The standard InChI is InChI=1S/C23H24N6O/c1-29-11-9-15-13-20(30-2)19(12-16(15)14-29)26-23-27-21-18(8-10-24-21)22(28-23)25-17-6-4-3-5-7-17/h3-8,10,12-13H,9,11,14H2,1-2H3,(H3,24,25,26,27,28). The third kappa shape index (κ3) is 3.55. The van der Waals surface area contributed by atoms with Gasteiger partial charge in [0, 0.05) is 25.0 Å². The highest BCUT2D eigenvalue weighted by molar-refractivity contribution is 5.90. The predicted octanol–water partition coefficient (Wildman–Crippen LogP) is 4.44. The summed E-state index contributed by atoms with van der Waals surface area (Å²) in [6.07, 6.45) is 2.90. The molecule has 1 aliphatic rings. The highest BCUT2D eigenvalue weighted by Crippen LogP contribution is 2.34. The van der Waals surface area contributed by atoms with Crippen molar-refractivity contribution in [2.75, 3.05) is 31.3 Å². The number of anilines is 4. The second kappa shape index (κ2) is 7.68. The zero-order chi connectivity index (χ0) is 20.5. The Balaban J connectivity index is 1.52. The summed E-state index contributed by atoms with van der Waals surface area (Å²) >= 11 is 0. The van der Waals surface area contributed by atoms with Gasteiger partial charge in [-0.3, -0.25) is 0 Å². The molecule has 7 heteroatoms. The van der Waals surface area contributed by atoms with E-state index in [9.17, 15) is 0 Å². The first kappa shape index (κ1) is 18.4. The van der Waals surface area contributed by atoms with Crippen LogP contribution in [0.15, 0.2) is 54.7 Å². The lowest BCUT2D eigenvalue weighted by Gasteiger charge is -2.26. The van der Waals surface area contributed by atoms with Crippen LogP contribution in [0.3, 0.4) is 0 Å². The van der Waals surface area contributed by atoms with Crippen molar-refractivity contribution in [3.63, 3.8) is 0 Å². The molecule has 2 aromatic heterocycles. The lowest BCUT2D eigenvalue weighted by molar-refractivity contribution is 0.312. The van der Waals surface area contributed by atoms with Gasteiger partial charge >= 0.3 is 0 Å². The van der Waals surface area contributed by atoms with E-state index in [0.717, 1.165) is 53.5 Å². The summed E-state index contributed by atoms with van der Waals surface area (Å²) in [5.74, 6) is 2.04. The average molecular weight is 400 g/mol. The maximum absolute atomic E-state index is 5.65. The van der Waals surface area contributed by atoms with Crippen LogP contribution in [-0.2, 0) is 13.0 Å². The van der Waals surface area contributed by atoms with Crippen molar-refractivity contribution in [1.82, 2.24) is 19.9 Å². The number of aromatic nitrogens is 3. The number of nitrogens with one attached hydrogen (secondary N) is 3. The molecule has 3 heterocycles. The molecule has 0 unspecified atom stereocenters. The number of H-pyrrole nitrogens is 1. The lowest BCUT2D eigenvalue weighted by atomic mass is 9.99. The number of likely N-dealkylation sites (N-methyl/N-ethyl adjacent to an activating group) is 1. The Hall–Kier alpha value is -3.58. The Morgan fingerprint density at radius 1 is 1.03 bits per heavy atom. The van der Waals surface area contributed by atoms with E-state index in [-0.39, 0.29) is 0 Å². The van der Waals surface area contributed by atoms with Crippen molar-refractivity contribution in [3.8, 4) is 5.75 Å². The first-order valence-electron chi connectivity index (χ1n) is 10.0. The molecular formula is C23H24N6O. The smallest absolute Gasteiger partial charge is 0.231 e. The van der Waals surface area contributed by atoms with Crippen LogP contribution >= 0.6 is 0 Å². The van der Waals surface area contributed by atoms with E-state index in [0.29, 0.717) is 5.95 Å². The van der Waals surface area contributed by atoms with Gasteiger partial charge in [0.25, 0.3) is 0 Å². The normalized spacial score (nSPS) is 13.8. The van der Waals surface area contributed by atoms with Crippen LogP contribution in [0.2, 0.25) is 0 Å². The first-order valence-corrected chi connectivity index (χ1v) is 10.0. The molecule has 2 aromatic carbocycles. The number of benzene rings is 2. The Labute approximate surface area is 175 Å². The summed E-state index contributed by atoms with van der Waals surface area (Å²) in [6, 6.07) is 16.2. The maximum atomic E-state index is 5.65. The number of nitrogens with zero attached hydrogens (tertiary/aromatic N) is 3. The number of aromatic amines is 1. The molecule has 0 aliphatic carbocycles. The molecule has 5 rings (SSSR count). The summed E-state index contributed by atoms with van der Waals surface area (Å²) in [5, 5.41) is 7.70. The van der Waals surface area contributed by atoms with Gasteiger partial charge < -0.3 is 25.3 Å². The molecule has 0 bridgehead atoms.